The van der Waals surface area contributed by atoms with Crippen molar-refractivity contribution in [2.75, 3.05) is 19.8 Å². The summed E-state index contributed by atoms with van der Waals surface area (Å²) in [5.41, 5.74) is 5.27. The van der Waals surface area contributed by atoms with Crippen molar-refractivity contribution in [1.29, 1.82) is 0 Å². The molecule has 0 aromatic heterocycles. The first-order valence-corrected chi connectivity index (χ1v) is 17.3. The van der Waals surface area contributed by atoms with E-state index in [1.54, 1.807) is 6.08 Å². The molecule has 0 heterocycles. The number of esters is 2. The molecule has 0 spiro atoms. The third-order valence-corrected chi connectivity index (χ3v) is 7.01. The van der Waals surface area contributed by atoms with Crippen molar-refractivity contribution in [2.45, 2.75) is 109 Å². The monoisotopic (exact) mass is 655 g/mol. The number of carbonyl (C=O) groups is 3. The number of phosphoric ester groups is 1. The summed E-state index contributed by atoms with van der Waals surface area (Å²) < 4.78 is 32.1. The number of phosphoric acid groups is 1. The Morgan fingerprint density at radius 3 is 1.78 bits per heavy atom. The third-order valence-electron chi connectivity index (χ3n) is 6.06. The number of aliphatic carboxylic acids is 1. The minimum Gasteiger partial charge on any atom is -0.480 e. The molecule has 11 nitrogen and oxygen atoms in total. The first kappa shape index (κ1) is 42.2. The van der Waals surface area contributed by atoms with E-state index in [0.717, 1.165) is 57.8 Å². The zero-order valence-electron chi connectivity index (χ0n) is 26.9. The van der Waals surface area contributed by atoms with Crippen molar-refractivity contribution in [3.8, 4) is 0 Å². The predicted octanol–water partition coefficient (Wildman–Crippen LogP) is 6.88. The zero-order valence-corrected chi connectivity index (χ0v) is 27.8. The maximum atomic E-state index is 12.4. The standard InChI is InChI=1S/C33H54NO10P/c1-3-5-7-9-11-12-13-14-15-16-17-18-19-21-23-25-32(36)44-29(26-41-31(35)24-22-20-10-8-6-4-2)27-42-45(39,40)43-28-30(34)33(37)38/h5,7,11-12,14-15,17-18,21,23,29-30H,3-4,6,8-10,13,16,19-20,22,24-28,34H2,1-2H3,(H,37,38)(H,39,40)/b7-5-,12-11-,15-14-,18-17-,23-21-. The first-order valence-electron chi connectivity index (χ1n) is 15.8. The molecule has 12 heteroatoms. The zero-order chi connectivity index (χ0) is 33.6. The van der Waals surface area contributed by atoms with Crippen LogP contribution in [0.3, 0.4) is 0 Å². The highest BCUT2D eigenvalue weighted by Gasteiger charge is 2.28. The Morgan fingerprint density at radius 2 is 1.22 bits per heavy atom. The van der Waals surface area contributed by atoms with E-state index >= 15 is 0 Å². The summed E-state index contributed by atoms with van der Waals surface area (Å²) >= 11 is 0. The smallest absolute Gasteiger partial charge is 0.472 e. The average Bonchev–Trinajstić information content (AvgIpc) is 3.00. The molecule has 0 aliphatic carbocycles. The molecule has 0 aromatic carbocycles. The van der Waals surface area contributed by atoms with Gasteiger partial charge < -0.3 is 25.2 Å². The summed E-state index contributed by atoms with van der Waals surface area (Å²) in [6.45, 7) is 2.45. The number of ether oxygens (including phenoxy) is 2. The number of carboxylic acid groups (broad SMARTS) is 1. The van der Waals surface area contributed by atoms with Gasteiger partial charge in [0.2, 0.25) is 0 Å². The maximum absolute atomic E-state index is 12.4. The Kier molecular flexibility index (Phi) is 26.8. The topological polar surface area (TPSA) is 172 Å². The number of hydrogen-bond acceptors (Lipinski definition) is 9. The molecule has 0 aliphatic heterocycles. The molecule has 0 saturated heterocycles. The molecule has 256 valence electrons. The van der Waals surface area contributed by atoms with Gasteiger partial charge in [0.1, 0.15) is 12.6 Å². The van der Waals surface area contributed by atoms with Crippen molar-refractivity contribution < 1.29 is 47.5 Å². The van der Waals surface area contributed by atoms with Crippen LogP contribution in [0, 0.1) is 0 Å². The number of carbonyl (C=O) groups excluding carboxylic acids is 2. The van der Waals surface area contributed by atoms with Gasteiger partial charge in [-0.3, -0.25) is 23.4 Å². The van der Waals surface area contributed by atoms with Crippen molar-refractivity contribution in [3.63, 3.8) is 0 Å². The van der Waals surface area contributed by atoms with Crippen LogP contribution in [0.4, 0.5) is 0 Å². The Hall–Kier alpha value is -2.82. The van der Waals surface area contributed by atoms with Gasteiger partial charge in [0.15, 0.2) is 6.10 Å². The second-order valence-electron chi connectivity index (χ2n) is 10.2. The van der Waals surface area contributed by atoms with E-state index in [-0.39, 0.29) is 19.4 Å². The summed E-state index contributed by atoms with van der Waals surface area (Å²) in [7, 11) is -4.72. The summed E-state index contributed by atoms with van der Waals surface area (Å²) in [5, 5.41) is 8.80. The normalized spacial score (nSPS) is 14.9. The molecule has 0 aliphatic rings. The molecule has 0 radical (unpaired) electrons. The third kappa shape index (κ3) is 28.4. The van der Waals surface area contributed by atoms with Gasteiger partial charge in [0.25, 0.3) is 0 Å². The predicted molar refractivity (Wildman–Crippen MR) is 175 cm³/mol. The van der Waals surface area contributed by atoms with Crippen molar-refractivity contribution in [2.24, 2.45) is 5.73 Å². The van der Waals surface area contributed by atoms with Gasteiger partial charge in [-0.05, 0) is 38.5 Å². The quantitative estimate of drug-likeness (QED) is 0.0347. The largest absolute Gasteiger partial charge is 0.480 e. The van der Waals surface area contributed by atoms with Gasteiger partial charge in [0.05, 0.1) is 19.6 Å². The SMILES string of the molecule is CC/C=C\C/C=C\C/C=C\C/C=C\C/C=C\CC(=O)OC(COC(=O)CCCCCCCC)COP(=O)(O)OCC(N)C(=O)O. The molecule has 4 N–H and O–H groups in total. The van der Waals surface area contributed by atoms with E-state index in [9.17, 15) is 23.8 Å². The lowest BCUT2D eigenvalue weighted by Crippen LogP contribution is -2.34. The highest BCUT2D eigenvalue weighted by atomic mass is 31.2. The Balaban J connectivity index is 4.68. The molecule has 0 aromatic rings. The molecular weight excluding hydrogens is 601 g/mol. The van der Waals surface area contributed by atoms with Gasteiger partial charge in [-0.1, -0.05) is 107 Å². The van der Waals surface area contributed by atoms with Crippen LogP contribution in [-0.2, 0) is 37.5 Å². The van der Waals surface area contributed by atoms with Crippen LogP contribution in [0.5, 0.6) is 0 Å². The molecule has 0 fully saturated rings. The van der Waals surface area contributed by atoms with Gasteiger partial charge in [-0.25, -0.2) is 4.57 Å². The van der Waals surface area contributed by atoms with E-state index in [1.807, 2.05) is 18.2 Å². The van der Waals surface area contributed by atoms with Gasteiger partial charge in [-0.2, -0.15) is 0 Å². The summed E-state index contributed by atoms with van der Waals surface area (Å²) in [4.78, 5) is 45.2. The van der Waals surface area contributed by atoms with Crippen molar-refractivity contribution in [3.05, 3.63) is 60.8 Å². The number of carboxylic acids is 1. The van der Waals surface area contributed by atoms with Crippen molar-refractivity contribution >= 4 is 25.7 Å². The minimum absolute atomic E-state index is 0.0729. The molecule has 0 rings (SSSR count). The lowest BCUT2D eigenvalue weighted by atomic mass is 10.1. The Labute approximate surface area is 268 Å². The number of nitrogens with two attached hydrogens (primary N) is 1. The maximum Gasteiger partial charge on any atom is 0.472 e. The van der Waals surface area contributed by atoms with Gasteiger partial charge >= 0.3 is 25.7 Å². The molecule has 3 atom stereocenters. The van der Waals surface area contributed by atoms with Crippen LogP contribution in [-0.4, -0.2) is 59.9 Å². The number of allylic oxidation sites excluding steroid dienone is 9. The highest BCUT2D eigenvalue weighted by molar-refractivity contribution is 7.47. The molecule has 3 unspecified atom stereocenters. The fourth-order valence-electron chi connectivity index (χ4n) is 3.55. The fourth-order valence-corrected chi connectivity index (χ4v) is 4.33. The minimum atomic E-state index is -4.72. The lowest BCUT2D eigenvalue weighted by Gasteiger charge is -2.20. The highest BCUT2D eigenvalue weighted by Crippen LogP contribution is 2.43. The molecular formula is C33H54NO10P. The van der Waals surface area contributed by atoms with Crippen LogP contribution < -0.4 is 5.73 Å². The molecule has 0 bridgehead atoms. The average molecular weight is 656 g/mol. The Bertz CT molecular complexity index is 1010. The van der Waals surface area contributed by atoms with Gasteiger partial charge in [0, 0.05) is 6.42 Å². The van der Waals surface area contributed by atoms with E-state index in [0.29, 0.717) is 12.8 Å². The number of hydrogen-bond donors (Lipinski definition) is 3. The van der Waals surface area contributed by atoms with E-state index in [2.05, 4.69) is 54.8 Å². The second kappa shape index (κ2) is 28.6. The first-order chi connectivity index (χ1) is 21.6. The molecule has 45 heavy (non-hydrogen) atoms. The Morgan fingerprint density at radius 1 is 0.711 bits per heavy atom. The van der Waals surface area contributed by atoms with Crippen LogP contribution in [0.1, 0.15) is 97.3 Å². The van der Waals surface area contributed by atoms with E-state index in [4.69, 9.17) is 24.8 Å². The van der Waals surface area contributed by atoms with Crippen LogP contribution in [0.2, 0.25) is 0 Å². The van der Waals surface area contributed by atoms with E-state index < -0.39 is 51.1 Å². The number of rotatable bonds is 28. The van der Waals surface area contributed by atoms with E-state index in [1.165, 1.54) is 0 Å². The second-order valence-corrected chi connectivity index (χ2v) is 11.7. The number of unbranched alkanes of at least 4 members (excludes halogenated alkanes) is 5. The molecule has 0 saturated carbocycles. The van der Waals surface area contributed by atoms with Crippen LogP contribution >= 0.6 is 7.82 Å². The van der Waals surface area contributed by atoms with Crippen LogP contribution in [0.15, 0.2) is 60.8 Å². The van der Waals surface area contributed by atoms with Crippen molar-refractivity contribution in [1.82, 2.24) is 0 Å². The fraction of sp³-hybridized carbons (Fsp3) is 0.606. The lowest BCUT2D eigenvalue weighted by molar-refractivity contribution is -0.160. The molecule has 0 amide bonds. The summed E-state index contributed by atoms with van der Waals surface area (Å²) in [5.74, 6) is -2.56. The van der Waals surface area contributed by atoms with Crippen LogP contribution in [0.25, 0.3) is 0 Å². The summed E-state index contributed by atoms with van der Waals surface area (Å²) in [6, 6.07) is -1.53. The summed E-state index contributed by atoms with van der Waals surface area (Å²) in [6.07, 6.45) is 29.4. The van der Waals surface area contributed by atoms with Gasteiger partial charge in [-0.15, -0.1) is 0 Å².